The van der Waals surface area contributed by atoms with Crippen LogP contribution in [0.5, 0.6) is 0 Å². The summed E-state index contributed by atoms with van der Waals surface area (Å²) in [6.45, 7) is 0. The largest absolute Gasteiger partial charge is 0.397 e. The van der Waals surface area contributed by atoms with Crippen LogP contribution in [0.4, 0.5) is 11.4 Å². The van der Waals surface area contributed by atoms with Crippen molar-refractivity contribution in [1.29, 1.82) is 0 Å². The third kappa shape index (κ3) is 5.81. The molecule has 3 rings (SSSR count). The number of hydrogen-bond donors (Lipinski definition) is 2. The normalized spacial score (nSPS) is 13.0. The average Bonchev–Trinajstić information content (AvgIpc) is 3.23. The molecule has 3 N–H and O–H groups in total. The number of nitrogen functional groups attached to an aromatic ring is 1. The lowest BCUT2D eigenvalue weighted by Crippen LogP contribution is -2.13. The number of carbonyl (C=O) groups is 1. The molecule has 0 saturated heterocycles. The number of hydrogen-bond acceptors (Lipinski definition) is 4. The summed E-state index contributed by atoms with van der Waals surface area (Å²) in [7, 11) is 0. The van der Waals surface area contributed by atoms with Gasteiger partial charge in [0.15, 0.2) is 0 Å². The summed E-state index contributed by atoms with van der Waals surface area (Å²) in [5.41, 5.74) is 6.80. The molecule has 2 heterocycles. The van der Waals surface area contributed by atoms with Crippen LogP contribution in [-0.2, 0) is 4.79 Å². The van der Waals surface area contributed by atoms with E-state index in [-0.39, 0.29) is 11.8 Å². The molecule has 0 atom stereocenters. The zero-order chi connectivity index (χ0) is 15.2. The van der Waals surface area contributed by atoms with Crippen LogP contribution in [0.2, 0.25) is 0 Å². The molecule has 2 aromatic heterocycles. The van der Waals surface area contributed by atoms with Gasteiger partial charge in [-0.15, -0.1) is 0 Å². The Morgan fingerprint density at radius 2 is 1.71 bits per heavy atom. The van der Waals surface area contributed by atoms with E-state index in [1.807, 2.05) is 6.07 Å². The molecule has 1 saturated carbocycles. The van der Waals surface area contributed by atoms with Crippen molar-refractivity contribution >= 4 is 49.1 Å². The quantitative estimate of drug-likeness (QED) is 0.787. The summed E-state index contributed by atoms with van der Waals surface area (Å²) >= 11 is 6.51. The molecule has 0 unspecified atom stereocenters. The Hall–Kier alpha value is -1.47. The number of carbonyl (C=O) groups excluding carboxylic acids is 1. The Bertz CT molecular complexity index is 615. The van der Waals surface area contributed by atoms with Gasteiger partial charge in [-0.2, -0.15) is 0 Å². The van der Waals surface area contributed by atoms with Crippen molar-refractivity contribution < 1.29 is 4.79 Å². The molecule has 0 bridgehead atoms. The number of aromatic nitrogens is 2. The van der Waals surface area contributed by atoms with Gasteiger partial charge in [0.2, 0.25) is 5.91 Å². The fourth-order valence-electron chi connectivity index (χ4n) is 1.50. The zero-order valence-electron chi connectivity index (χ0n) is 11.1. The molecule has 0 aliphatic heterocycles. The highest BCUT2D eigenvalue weighted by molar-refractivity contribution is 9.10. The van der Waals surface area contributed by atoms with Gasteiger partial charge in [-0.05, 0) is 56.8 Å². The molecule has 1 aliphatic carbocycles. The van der Waals surface area contributed by atoms with Gasteiger partial charge in [0.25, 0.3) is 0 Å². The second-order valence-electron chi connectivity index (χ2n) is 4.59. The number of amides is 1. The van der Waals surface area contributed by atoms with Crippen LogP contribution in [-0.4, -0.2) is 15.9 Å². The first-order chi connectivity index (χ1) is 10.0. The lowest BCUT2D eigenvalue weighted by Gasteiger charge is -2.02. The Kier molecular flexibility index (Phi) is 5.69. The number of anilines is 2. The zero-order valence-corrected chi connectivity index (χ0v) is 14.3. The minimum Gasteiger partial charge on any atom is -0.397 e. The maximum Gasteiger partial charge on any atom is 0.227 e. The van der Waals surface area contributed by atoms with Gasteiger partial charge in [-0.25, -0.2) is 0 Å². The smallest absolute Gasteiger partial charge is 0.227 e. The SMILES string of the molecule is Nc1cncc(Br)c1.O=C(Nc1cncc(Br)c1)C1CC1. The highest BCUT2D eigenvalue weighted by Crippen LogP contribution is 2.30. The van der Waals surface area contributed by atoms with Crippen molar-refractivity contribution in [3.8, 4) is 0 Å². The predicted molar refractivity (Wildman–Crippen MR) is 89.6 cm³/mol. The molecule has 21 heavy (non-hydrogen) atoms. The Morgan fingerprint density at radius 1 is 1.10 bits per heavy atom. The lowest BCUT2D eigenvalue weighted by atomic mass is 10.3. The molecule has 110 valence electrons. The highest BCUT2D eigenvalue weighted by atomic mass is 79.9. The van der Waals surface area contributed by atoms with Crippen LogP contribution in [0.3, 0.4) is 0 Å². The van der Waals surface area contributed by atoms with E-state index in [1.54, 1.807) is 30.9 Å². The fraction of sp³-hybridized carbons (Fsp3) is 0.214. The number of pyridine rings is 2. The molecule has 7 heteroatoms. The summed E-state index contributed by atoms with van der Waals surface area (Å²) in [5, 5.41) is 2.81. The lowest BCUT2D eigenvalue weighted by molar-refractivity contribution is -0.117. The van der Waals surface area contributed by atoms with Crippen LogP contribution in [0.15, 0.2) is 45.9 Å². The molecular weight excluding hydrogens is 400 g/mol. The highest BCUT2D eigenvalue weighted by Gasteiger charge is 2.29. The summed E-state index contributed by atoms with van der Waals surface area (Å²) < 4.78 is 1.79. The Morgan fingerprint density at radius 3 is 2.19 bits per heavy atom. The summed E-state index contributed by atoms with van der Waals surface area (Å²) in [5.74, 6) is 0.346. The molecule has 5 nitrogen and oxygen atoms in total. The third-order valence-electron chi connectivity index (χ3n) is 2.65. The van der Waals surface area contributed by atoms with Crippen LogP contribution < -0.4 is 11.1 Å². The predicted octanol–water partition coefficient (Wildman–Crippen LogP) is 3.62. The second kappa shape index (κ2) is 7.51. The topological polar surface area (TPSA) is 80.9 Å². The van der Waals surface area contributed by atoms with Crippen molar-refractivity contribution in [2.75, 3.05) is 11.1 Å². The molecule has 1 amide bonds. The molecule has 1 fully saturated rings. The van der Waals surface area contributed by atoms with E-state index >= 15 is 0 Å². The van der Waals surface area contributed by atoms with E-state index in [9.17, 15) is 4.79 Å². The summed E-state index contributed by atoms with van der Waals surface area (Å²) in [6.07, 6.45) is 8.67. The Balaban J connectivity index is 0.000000173. The first-order valence-corrected chi connectivity index (χ1v) is 7.90. The molecule has 0 radical (unpaired) electrons. The van der Waals surface area contributed by atoms with Gasteiger partial charge in [-0.3, -0.25) is 14.8 Å². The third-order valence-corrected chi connectivity index (χ3v) is 3.51. The van der Waals surface area contributed by atoms with Gasteiger partial charge in [0.05, 0.1) is 17.6 Å². The number of rotatable bonds is 2. The van der Waals surface area contributed by atoms with Gasteiger partial charge in [-0.1, -0.05) is 0 Å². The van der Waals surface area contributed by atoms with E-state index in [4.69, 9.17) is 5.73 Å². The fourth-order valence-corrected chi connectivity index (χ4v) is 2.25. The standard InChI is InChI=1S/C9H9BrN2O.C5H5BrN2/c10-7-3-8(5-11-4-7)12-9(13)6-1-2-6;6-4-1-5(7)3-8-2-4/h3-6H,1-2H2,(H,12,13);1-3H,7H2. The summed E-state index contributed by atoms with van der Waals surface area (Å²) in [4.78, 5) is 19.1. The number of nitrogens with zero attached hydrogens (tertiary/aromatic N) is 2. The molecule has 0 spiro atoms. The van der Waals surface area contributed by atoms with Crippen LogP contribution in [0.1, 0.15) is 12.8 Å². The van der Waals surface area contributed by atoms with Gasteiger partial charge < -0.3 is 11.1 Å². The monoisotopic (exact) mass is 412 g/mol. The first-order valence-electron chi connectivity index (χ1n) is 6.32. The van der Waals surface area contributed by atoms with Crippen molar-refractivity contribution in [2.45, 2.75) is 12.8 Å². The van der Waals surface area contributed by atoms with E-state index in [2.05, 4.69) is 47.1 Å². The summed E-state index contributed by atoms with van der Waals surface area (Å²) in [6, 6.07) is 3.64. The van der Waals surface area contributed by atoms with Crippen molar-refractivity contribution in [1.82, 2.24) is 9.97 Å². The minimum absolute atomic E-state index is 0.111. The Labute approximate surface area is 139 Å². The van der Waals surface area contributed by atoms with Crippen LogP contribution >= 0.6 is 31.9 Å². The second-order valence-corrected chi connectivity index (χ2v) is 6.42. The molecule has 1 aliphatic rings. The van der Waals surface area contributed by atoms with E-state index < -0.39 is 0 Å². The molecule has 2 aromatic rings. The molecule has 0 aromatic carbocycles. The van der Waals surface area contributed by atoms with Gasteiger partial charge >= 0.3 is 0 Å². The maximum absolute atomic E-state index is 11.3. The van der Waals surface area contributed by atoms with Gasteiger partial charge in [0.1, 0.15) is 0 Å². The van der Waals surface area contributed by atoms with Crippen molar-refractivity contribution in [2.24, 2.45) is 5.92 Å². The maximum atomic E-state index is 11.3. The van der Waals surface area contributed by atoms with E-state index in [1.165, 1.54) is 0 Å². The van der Waals surface area contributed by atoms with E-state index in [0.29, 0.717) is 5.69 Å². The van der Waals surface area contributed by atoms with Gasteiger partial charge in [0, 0.05) is 33.5 Å². The van der Waals surface area contributed by atoms with Crippen molar-refractivity contribution in [3.05, 3.63) is 45.9 Å². The molecular formula is C14H14Br2N4O. The minimum atomic E-state index is 0.111. The van der Waals surface area contributed by atoms with Crippen LogP contribution in [0, 0.1) is 5.92 Å². The number of halogens is 2. The number of nitrogens with two attached hydrogens (primary N) is 1. The average molecular weight is 414 g/mol. The van der Waals surface area contributed by atoms with E-state index in [0.717, 1.165) is 27.5 Å². The number of nitrogens with one attached hydrogen (secondary N) is 1. The van der Waals surface area contributed by atoms with Crippen molar-refractivity contribution in [3.63, 3.8) is 0 Å². The van der Waals surface area contributed by atoms with Crippen LogP contribution in [0.25, 0.3) is 0 Å². The first kappa shape index (κ1) is 15.9.